The third kappa shape index (κ3) is 7.88. The van der Waals surface area contributed by atoms with Gasteiger partial charge < -0.3 is 11.5 Å². The summed E-state index contributed by atoms with van der Waals surface area (Å²) in [6, 6.07) is 13.2. The van der Waals surface area contributed by atoms with Crippen molar-refractivity contribution in [2.75, 3.05) is 0 Å². The van der Waals surface area contributed by atoms with E-state index < -0.39 is 28.8 Å². The summed E-state index contributed by atoms with van der Waals surface area (Å²) in [7, 11) is 0. The number of hydrogen-bond acceptors (Lipinski definition) is 6. The number of nitrogens with two attached hydrogens (primary N) is 2. The van der Waals surface area contributed by atoms with Crippen LogP contribution in [0.5, 0.6) is 0 Å². The third-order valence-electron chi connectivity index (χ3n) is 4.65. The van der Waals surface area contributed by atoms with E-state index in [2.05, 4.69) is 0 Å². The number of halogens is 1. The molecule has 8 nitrogen and oxygen atoms in total. The number of rotatable bonds is 9. The van der Waals surface area contributed by atoms with Crippen LogP contribution in [0.2, 0.25) is 0 Å². The van der Waals surface area contributed by atoms with Gasteiger partial charge in [0.05, 0.1) is 17.0 Å². The third-order valence-corrected chi connectivity index (χ3v) is 4.65. The number of nitro benzene ring substituents is 1. The molecule has 0 saturated carbocycles. The molecule has 32 heavy (non-hydrogen) atoms. The van der Waals surface area contributed by atoms with E-state index in [1.807, 2.05) is 44.2 Å². The van der Waals surface area contributed by atoms with E-state index in [0.717, 1.165) is 10.5 Å². The first kappa shape index (κ1) is 27.0. The molecule has 0 aromatic heterocycles. The molecule has 0 unspecified atom stereocenters. The SMILES string of the molecule is CC(C)C[C@H](N)C(=O)N(C=Cc1ccccc1)C(=O)[C@@H](N)Cc1ccc([N+](=O)[O-])cc1.Cl. The fraction of sp³-hybridized carbons (Fsp3) is 0.304. The zero-order valence-electron chi connectivity index (χ0n) is 18.1. The van der Waals surface area contributed by atoms with Crippen molar-refractivity contribution in [3.63, 3.8) is 0 Å². The van der Waals surface area contributed by atoms with Crippen LogP contribution in [0.3, 0.4) is 0 Å². The van der Waals surface area contributed by atoms with Crippen LogP contribution in [0.1, 0.15) is 31.4 Å². The van der Waals surface area contributed by atoms with Gasteiger partial charge in [0.15, 0.2) is 0 Å². The number of nitro groups is 1. The molecule has 0 fully saturated rings. The van der Waals surface area contributed by atoms with E-state index >= 15 is 0 Å². The Bertz CT molecular complexity index is 933. The first-order chi connectivity index (χ1) is 14.7. The molecule has 0 heterocycles. The van der Waals surface area contributed by atoms with E-state index in [0.29, 0.717) is 12.0 Å². The highest BCUT2D eigenvalue weighted by molar-refractivity contribution is 6.01. The zero-order chi connectivity index (χ0) is 23.0. The van der Waals surface area contributed by atoms with Crippen LogP contribution in [-0.4, -0.2) is 33.7 Å². The van der Waals surface area contributed by atoms with E-state index in [1.54, 1.807) is 18.2 Å². The second-order valence-electron chi connectivity index (χ2n) is 7.74. The van der Waals surface area contributed by atoms with Crippen LogP contribution in [0, 0.1) is 16.0 Å². The van der Waals surface area contributed by atoms with Crippen molar-refractivity contribution < 1.29 is 14.5 Å². The van der Waals surface area contributed by atoms with Crippen molar-refractivity contribution in [3.8, 4) is 0 Å². The van der Waals surface area contributed by atoms with Gasteiger partial charge in [0, 0.05) is 18.3 Å². The van der Waals surface area contributed by atoms with Gasteiger partial charge in [-0.2, -0.15) is 0 Å². The monoisotopic (exact) mass is 460 g/mol. The number of amides is 2. The van der Waals surface area contributed by atoms with Gasteiger partial charge in [-0.15, -0.1) is 12.4 Å². The number of nitrogens with zero attached hydrogens (tertiary/aromatic N) is 2. The normalized spacial score (nSPS) is 12.8. The van der Waals surface area contributed by atoms with Gasteiger partial charge in [-0.25, -0.2) is 0 Å². The Morgan fingerprint density at radius 3 is 2.09 bits per heavy atom. The summed E-state index contributed by atoms with van der Waals surface area (Å²) in [5.74, 6) is -0.928. The minimum absolute atomic E-state index is 0. The summed E-state index contributed by atoms with van der Waals surface area (Å²) in [4.78, 5) is 37.2. The minimum atomic E-state index is -1.02. The summed E-state index contributed by atoms with van der Waals surface area (Å²) in [5, 5.41) is 10.8. The topological polar surface area (TPSA) is 133 Å². The van der Waals surface area contributed by atoms with Crippen molar-refractivity contribution in [2.24, 2.45) is 17.4 Å². The summed E-state index contributed by atoms with van der Waals surface area (Å²) < 4.78 is 0. The van der Waals surface area contributed by atoms with Gasteiger partial charge in [0.25, 0.3) is 11.6 Å². The molecule has 2 amide bonds. The van der Waals surface area contributed by atoms with Gasteiger partial charge in [-0.05, 0) is 36.0 Å². The Hall–Kier alpha value is -3.07. The molecule has 2 atom stereocenters. The lowest BCUT2D eigenvalue weighted by Gasteiger charge is -2.24. The molecule has 2 rings (SSSR count). The Kier molecular flexibility index (Phi) is 10.7. The second kappa shape index (κ2) is 12.7. The first-order valence-corrected chi connectivity index (χ1v) is 10.0. The smallest absolute Gasteiger partial charge is 0.269 e. The van der Waals surface area contributed by atoms with E-state index in [9.17, 15) is 19.7 Å². The van der Waals surface area contributed by atoms with Crippen molar-refractivity contribution in [1.82, 2.24) is 4.90 Å². The Morgan fingerprint density at radius 1 is 1.00 bits per heavy atom. The predicted molar refractivity (Wildman–Crippen MR) is 127 cm³/mol. The van der Waals surface area contributed by atoms with E-state index in [4.69, 9.17) is 11.5 Å². The van der Waals surface area contributed by atoms with Gasteiger partial charge in [0.1, 0.15) is 0 Å². The Labute approximate surface area is 193 Å². The molecule has 2 aromatic carbocycles. The number of carbonyl (C=O) groups excluding carboxylic acids is 2. The highest BCUT2D eigenvalue weighted by Gasteiger charge is 2.29. The molecule has 0 spiro atoms. The van der Waals surface area contributed by atoms with Crippen molar-refractivity contribution in [3.05, 3.63) is 82.0 Å². The maximum absolute atomic E-state index is 13.0. The van der Waals surface area contributed by atoms with Crippen LogP contribution < -0.4 is 11.5 Å². The highest BCUT2D eigenvalue weighted by atomic mass is 35.5. The van der Waals surface area contributed by atoms with Crippen LogP contribution in [0.4, 0.5) is 5.69 Å². The molecule has 0 bridgehead atoms. The Balaban J connectivity index is 0.00000512. The molecule has 172 valence electrons. The molecule has 4 N–H and O–H groups in total. The lowest BCUT2D eigenvalue weighted by Crippen LogP contribution is -2.50. The fourth-order valence-corrected chi connectivity index (χ4v) is 3.04. The number of non-ortho nitro benzene ring substituents is 1. The number of carbonyl (C=O) groups is 2. The predicted octanol–water partition coefficient (Wildman–Crippen LogP) is 3.29. The maximum atomic E-state index is 13.0. The van der Waals surface area contributed by atoms with E-state index in [-0.39, 0.29) is 30.4 Å². The van der Waals surface area contributed by atoms with Crippen molar-refractivity contribution in [1.29, 1.82) is 0 Å². The fourth-order valence-electron chi connectivity index (χ4n) is 3.04. The minimum Gasteiger partial charge on any atom is -0.320 e. The Morgan fingerprint density at radius 2 is 1.56 bits per heavy atom. The van der Waals surface area contributed by atoms with Crippen LogP contribution >= 0.6 is 12.4 Å². The molecule has 0 aliphatic heterocycles. The highest BCUT2D eigenvalue weighted by Crippen LogP contribution is 2.15. The van der Waals surface area contributed by atoms with Crippen molar-refractivity contribution >= 4 is 36.0 Å². The lowest BCUT2D eigenvalue weighted by molar-refractivity contribution is -0.384. The summed E-state index contributed by atoms with van der Waals surface area (Å²) in [6.07, 6.45) is 3.60. The molecule has 9 heteroatoms. The summed E-state index contributed by atoms with van der Waals surface area (Å²) in [5.41, 5.74) is 13.6. The number of benzene rings is 2. The molecule has 0 aliphatic carbocycles. The summed E-state index contributed by atoms with van der Waals surface area (Å²) >= 11 is 0. The second-order valence-corrected chi connectivity index (χ2v) is 7.74. The standard InChI is InChI=1S/C23H28N4O4.ClH/c1-16(2)14-20(24)22(28)26(13-12-17-6-4-3-5-7-17)23(29)21(25)15-18-8-10-19(11-9-18)27(30)31;/h3-13,16,20-21H,14-15,24-25H2,1-2H3;1H/t20-,21-;/m0./s1. The molecule has 0 aliphatic rings. The van der Waals surface area contributed by atoms with Gasteiger partial charge in [-0.3, -0.25) is 24.6 Å². The lowest BCUT2D eigenvalue weighted by atomic mass is 10.0. The van der Waals surface area contributed by atoms with Gasteiger partial charge in [-0.1, -0.05) is 56.3 Å². The van der Waals surface area contributed by atoms with Crippen LogP contribution in [0.15, 0.2) is 60.8 Å². The molecular weight excluding hydrogens is 432 g/mol. The largest absolute Gasteiger partial charge is 0.320 e. The number of imide groups is 1. The first-order valence-electron chi connectivity index (χ1n) is 10.0. The molecule has 0 saturated heterocycles. The molecule has 0 radical (unpaired) electrons. The van der Waals surface area contributed by atoms with Crippen molar-refractivity contribution in [2.45, 2.75) is 38.8 Å². The van der Waals surface area contributed by atoms with E-state index in [1.165, 1.54) is 18.3 Å². The molecular formula is C23H29ClN4O4. The summed E-state index contributed by atoms with van der Waals surface area (Å²) in [6.45, 7) is 3.89. The van der Waals surface area contributed by atoms with Gasteiger partial charge in [0.2, 0.25) is 5.91 Å². The molecule has 2 aromatic rings. The van der Waals surface area contributed by atoms with Crippen LogP contribution in [0.25, 0.3) is 6.08 Å². The maximum Gasteiger partial charge on any atom is 0.269 e. The quantitative estimate of drug-likeness (QED) is 0.435. The number of hydrogen-bond donors (Lipinski definition) is 2. The van der Waals surface area contributed by atoms with Gasteiger partial charge >= 0.3 is 0 Å². The average molecular weight is 461 g/mol. The van der Waals surface area contributed by atoms with Crippen LogP contribution in [-0.2, 0) is 16.0 Å². The average Bonchev–Trinajstić information content (AvgIpc) is 2.74. The zero-order valence-corrected chi connectivity index (χ0v) is 18.9.